The van der Waals surface area contributed by atoms with Crippen LogP contribution in [0.15, 0.2) is 23.1 Å². The Kier molecular flexibility index (Phi) is 5.46. The minimum absolute atomic E-state index is 0.0505. The van der Waals surface area contributed by atoms with E-state index in [1.54, 1.807) is 16.7 Å². The zero-order chi connectivity index (χ0) is 22.4. The molecule has 164 valence electrons. The summed E-state index contributed by atoms with van der Waals surface area (Å²) < 4.78 is 42.0. The van der Waals surface area contributed by atoms with Gasteiger partial charge in [-0.25, -0.2) is 13.2 Å². The zero-order valence-corrected chi connectivity index (χ0v) is 17.1. The smallest absolute Gasteiger partial charge is 0.275 e. The molecule has 0 bridgehead atoms. The molecule has 2 aliphatic rings. The SMILES string of the molecule is C[C@H]1CCSC2Cn3cc(C(=O)NCc4c(F)cc(F)cc4F)c(=O)c(O)c3C(=O)N21. The molecule has 1 fully saturated rings. The number of halogens is 3. The Morgan fingerprint density at radius 1 is 1.26 bits per heavy atom. The number of carbonyl (C=O) groups is 2. The molecule has 1 saturated heterocycles. The molecule has 2 amide bonds. The van der Waals surface area contributed by atoms with Gasteiger partial charge < -0.3 is 19.9 Å². The van der Waals surface area contributed by atoms with Gasteiger partial charge in [0, 0.05) is 36.5 Å². The monoisotopic (exact) mass is 453 g/mol. The maximum absolute atomic E-state index is 13.8. The van der Waals surface area contributed by atoms with E-state index in [-0.39, 0.29) is 23.7 Å². The van der Waals surface area contributed by atoms with Crippen molar-refractivity contribution in [3.63, 3.8) is 0 Å². The van der Waals surface area contributed by atoms with E-state index in [1.807, 2.05) is 6.92 Å². The van der Waals surface area contributed by atoms with Crippen LogP contribution in [0.3, 0.4) is 0 Å². The fourth-order valence-electron chi connectivity index (χ4n) is 3.82. The topological polar surface area (TPSA) is 91.6 Å². The fraction of sp³-hybridized carbons (Fsp3) is 0.350. The molecule has 2 atom stereocenters. The van der Waals surface area contributed by atoms with Crippen molar-refractivity contribution in [1.82, 2.24) is 14.8 Å². The highest BCUT2D eigenvalue weighted by Gasteiger charge is 2.40. The van der Waals surface area contributed by atoms with Gasteiger partial charge in [-0.3, -0.25) is 14.4 Å². The van der Waals surface area contributed by atoms with Crippen molar-refractivity contribution in [2.24, 2.45) is 0 Å². The van der Waals surface area contributed by atoms with E-state index in [0.29, 0.717) is 12.1 Å². The maximum Gasteiger partial charge on any atom is 0.275 e. The van der Waals surface area contributed by atoms with Crippen LogP contribution in [0.4, 0.5) is 13.2 Å². The van der Waals surface area contributed by atoms with E-state index in [2.05, 4.69) is 5.32 Å². The Hall–Kier alpha value is -2.95. The number of benzene rings is 1. The number of pyridine rings is 1. The summed E-state index contributed by atoms with van der Waals surface area (Å²) in [7, 11) is 0. The lowest BCUT2D eigenvalue weighted by atomic mass is 10.1. The van der Waals surface area contributed by atoms with Crippen LogP contribution in [-0.4, -0.2) is 43.6 Å². The van der Waals surface area contributed by atoms with Crippen molar-refractivity contribution in [3.05, 3.63) is 62.8 Å². The lowest BCUT2D eigenvalue weighted by molar-refractivity contribution is 0.0573. The third-order valence-electron chi connectivity index (χ3n) is 5.45. The highest BCUT2D eigenvalue weighted by atomic mass is 32.2. The van der Waals surface area contributed by atoms with Crippen molar-refractivity contribution < 1.29 is 27.9 Å². The summed E-state index contributed by atoms with van der Waals surface area (Å²) in [4.78, 5) is 39.6. The maximum atomic E-state index is 13.8. The molecule has 3 heterocycles. The van der Waals surface area contributed by atoms with E-state index in [9.17, 15) is 32.7 Å². The first kappa shape index (κ1) is 21.3. The number of rotatable bonds is 3. The molecule has 0 radical (unpaired) electrons. The number of carbonyl (C=O) groups excluding carboxylic acids is 2. The fourth-order valence-corrected chi connectivity index (χ4v) is 5.30. The number of nitrogens with zero attached hydrogens (tertiary/aromatic N) is 2. The van der Waals surface area contributed by atoms with Gasteiger partial charge >= 0.3 is 0 Å². The predicted octanol–water partition coefficient (Wildman–Crippen LogP) is 2.21. The highest BCUT2D eigenvalue weighted by Crippen LogP contribution is 2.35. The number of hydrogen-bond donors (Lipinski definition) is 2. The molecule has 4 rings (SSSR count). The number of aromatic hydroxyl groups is 1. The van der Waals surface area contributed by atoms with Gasteiger partial charge in [-0.1, -0.05) is 0 Å². The molecule has 0 spiro atoms. The first-order chi connectivity index (χ1) is 14.7. The third kappa shape index (κ3) is 3.67. The van der Waals surface area contributed by atoms with Crippen LogP contribution in [0.25, 0.3) is 0 Å². The van der Waals surface area contributed by atoms with Gasteiger partial charge in [-0.15, -0.1) is 11.8 Å². The second kappa shape index (κ2) is 7.95. The van der Waals surface area contributed by atoms with Crippen LogP contribution >= 0.6 is 11.8 Å². The van der Waals surface area contributed by atoms with Gasteiger partial charge in [0.1, 0.15) is 23.0 Å². The molecule has 2 N–H and O–H groups in total. The zero-order valence-electron chi connectivity index (χ0n) is 16.3. The van der Waals surface area contributed by atoms with E-state index in [0.717, 1.165) is 12.2 Å². The molecule has 31 heavy (non-hydrogen) atoms. The predicted molar refractivity (Wildman–Crippen MR) is 106 cm³/mol. The number of amides is 2. The van der Waals surface area contributed by atoms with Gasteiger partial charge in [-0.2, -0.15) is 0 Å². The number of hydrogen-bond acceptors (Lipinski definition) is 5. The van der Waals surface area contributed by atoms with E-state index in [1.165, 1.54) is 10.8 Å². The Balaban J connectivity index is 1.64. The average Bonchev–Trinajstić information content (AvgIpc) is 2.69. The molecule has 0 aliphatic carbocycles. The summed E-state index contributed by atoms with van der Waals surface area (Å²) in [6, 6.07) is 0.903. The van der Waals surface area contributed by atoms with Crippen LogP contribution < -0.4 is 10.7 Å². The number of thioether (sulfide) groups is 1. The molecule has 11 heteroatoms. The lowest BCUT2D eigenvalue weighted by Gasteiger charge is -2.44. The summed E-state index contributed by atoms with van der Waals surface area (Å²) in [6.07, 6.45) is 1.95. The summed E-state index contributed by atoms with van der Waals surface area (Å²) in [5, 5.41) is 12.4. The van der Waals surface area contributed by atoms with Crippen LogP contribution in [0.2, 0.25) is 0 Å². The Labute approximate surface area is 178 Å². The van der Waals surface area contributed by atoms with E-state index in [4.69, 9.17) is 0 Å². The van der Waals surface area contributed by atoms with E-state index < -0.39 is 58.1 Å². The first-order valence-corrected chi connectivity index (χ1v) is 10.6. The lowest BCUT2D eigenvalue weighted by Crippen LogP contribution is -2.54. The Morgan fingerprint density at radius 3 is 2.61 bits per heavy atom. The van der Waals surface area contributed by atoms with Crippen molar-refractivity contribution in [2.75, 3.05) is 5.75 Å². The Morgan fingerprint density at radius 2 is 1.94 bits per heavy atom. The second-order valence-corrected chi connectivity index (χ2v) is 8.71. The Bertz CT molecular complexity index is 1130. The van der Waals surface area contributed by atoms with Gasteiger partial charge in [0.25, 0.3) is 11.8 Å². The van der Waals surface area contributed by atoms with Gasteiger partial charge in [0.2, 0.25) is 5.43 Å². The largest absolute Gasteiger partial charge is 0.503 e. The van der Waals surface area contributed by atoms with Gasteiger partial charge in [0.15, 0.2) is 11.4 Å². The van der Waals surface area contributed by atoms with Crippen LogP contribution in [0.1, 0.15) is 39.8 Å². The molecule has 1 unspecified atom stereocenters. The molecular formula is C20H18F3N3O4S. The van der Waals surface area contributed by atoms with Crippen molar-refractivity contribution in [2.45, 2.75) is 37.8 Å². The summed E-state index contributed by atoms with van der Waals surface area (Å²) in [6.45, 7) is 1.53. The average molecular weight is 453 g/mol. The van der Waals surface area contributed by atoms with Crippen LogP contribution in [-0.2, 0) is 13.1 Å². The minimum Gasteiger partial charge on any atom is -0.503 e. The minimum atomic E-state index is -1.18. The van der Waals surface area contributed by atoms with Crippen molar-refractivity contribution >= 4 is 23.6 Å². The van der Waals surface area contributed by atoms with Crippen LogP contribution in [0, 0.1) is 17.5 Å². The second-order valence-electron chi connectivity index (χ2n) is 7.43. The summed E-state index contributed by atoms with van der Waals surface area (Å²) in [5.74, 6) is -4.95. The number of fused-ring (bicyclic) bond motifs is 2. The standard InChI is InChI=1S/C20H18F3N3O4S/c1-9-2-3-31-15-8-25-7-12(17(27)18(28)16(25)20(30)26(9)15)19(29)24-6-11-13(22)4-10(21)5-14(11)23/h4-5,7,9,15,28H,2-3,6,8H2,1H3,(H,24,29)/t9-,15?/m0/s1. The molecule has 1 aromatic carbocycles. The van der Waals surface area contributed by atoms with Crippen molar-refractivity contribution in [1.29, 1.82) is 0 Å². The highest BCUT2D eigenvalue weighted by molar-refractivity contribution is 7.99. The normalized spacial score (nSPS) is 20.3. The van der Waals surface area contributed by atoms with Gasteiger partial charge in [-0.05, 0) is 19.1 Å². The molecule has 1 aromatic heterocycles. The molecule has 2 aromatic rings. The first-order valence-electron chi connectivity index (χ1n) is 9.51. The molecule has 0 saturated carbocycles. The third-order valence-corrected chi connectivity index (χ3v) is 6.69. The number of aromatic nitrogens is 1. The van der Waals surface area contributed by atoms with Crippen LogP contribution in [0.5, 0.6) is 5.75 Å². The number of nitrogens with one attached hydrogen (secondary N) is 1. The van der Waals surface area contributed by atoms with Gasteiger partial charge in [0.05, 0.1) is 11.9 Å². The van der Waals surface area contributed by atoms with Crippen molar-refractivity contribution in [3.8, 4) is 5.75 Å². The summed E-state index contributed by atoms with van der Waals surface area (Å²) in [5.41, 5.74) is -2.30. The van der Waals surface area contributed by atoms with E-state index >= 15 is 0 Å². The summed E-state index contributed by atoms with van der Waals surface area (Å²) >= 11 is 1.56. The molecule has 7 nitrogen and oxygen atoms in total. The quantitative estimate of drug-likeness (QED) is 0.744. The molecular weight excluding hydrogens is 435 g/mol. The molecule has 2 aliphatic heterocycles.